The van der Waals surface area contributed by atoms with Crippen molar-refractivity contribution in [2.24, 2.45) is 11.7 Å². The van der Waals surface area contributed by atoms with Crippen molar-refractivity contribution in [1.82, 2.24) is 0 Å². The summed E-state index contributed by atoms with van der Waals surface area (Å²) in [6.07, 6.45) is 0.515. The Morgan fingerprint density at radius 1 is 1.26 bits per heavy atom. The van der Waals surface area contributed by atoms with Gasteiger partial charge in [-0.15, -0.1) is 0 Å². The standard InChI is InChI=1S/C13H16N2O4/c14-4-3-9-6-15(13(16)17-7-9)10-1-2-11-12(5-10)19-8-18-11/h1-2,5,9H,3-4,6-8,14H2. The number of fused-ring (bicyclic) bond motifs is 1. The van der Waals surface area contributed by atoms with Gasteiger partial charge in [0.05, 0.1) is 12.3 Å². The maximum absolute atomic E-state index is 11.8. The van der Waals surface area contributed by atoms with Gasteiger partial charge in [-0.2, -0.15) is 0 Å². The third-order valence-corrected chi connectivity index (χ3v) is 3.35. The molecule has 1 saturated heterocycles. The number of rotatable bonds is 3. The molecule has 0 saturated carbocycles. The van der Waals surface area contributed by atoms with Crippen LogP contribution in [0, 0.1) is 5.92 Å². The predicted octanol–water partition coefficient (Wildman–Crippen LogP) is 1.34. The number of benzene rings is 1. The van der Waals surface area contributed by atoms with E-state index in [1.807, 2.05) is 6.07 Å². The van der Waals surface area contributed by atoms with E-state index in [2.05, 4.69) is 0 Å². The van der Waals surface area contributed by atoms with E-state index in [9.17, 15) is 4.79 Å². The predicted molar refractivity (Wildman–Crippen MR) is 68.4 cm³/mol. The topological polar surface area (TPSA) is 74.0 Å². The van der Waals surface area contributed by atoms with Crippen LogP contribution in [0.25, 0.3) is 0 Å². The summed E-state index contributed by atoms with van der Waals surface area (Å²) in [7, 11) is 0. The van der Waals surface area contributed by atoms with Crippen molar-refractivity contribution in [2.75, 3.05) is 31.4 Å². The van der Waals surface area contributed by atoms with E-state index in [0.29, 0.717) is 31.2 Å². The highest BCUT2D eigenvalue weighted by Crippen LogP contribution is 2.36. The van der Waals surface area contributed by atoms with Crippen molar-refractivity contribution in [3.63, 3.8) is 0 Å². The fourth-order valence-corrected chi connectivity index (χ4v) is 2.33. The highest BCUT2D eigenvalue weighted by Gasteiger charge is 2.29. The number of carbonyl (C=O) groups is 1. The largest absolute Gasteiger partial charge is 0.454 e. The fraction of sp³-hybridized carbons (Fsp3) is 0.462. The quantitative estimate of drug-likeness (QED) is 0.891. The van der Waals surface area contributed by atoms with Gasteiger partial charge in [-0.25, -0.2) is 4.79 Å². The second-order valence-electron chi connectivity index (χ2n) is 4.67. The molecule has 2 N–H and O–H groups in total. The van der Waals surface area contributed by atoms with Crippen LogP contribution in [0.5, 0.6) is 11.5 Å². The molecule has 2 heterocycles. The van der Waals surface area contributed by atoms with E-state index in [-0.39, 0.29) is 18.8 Å². The van der Waals surface area contributed by atoms with Gasteiger partial charge in [-0.1, -0.05) is 0 Å². The molecular formula is C13H16N2O4. The first kappa shape index (κ1) is 12.1. The van der Waals surface area contributed by atoms with Crippen LogP contribution in [0.4, 0.5) is 10.5 Å². The zero-order valence-electron chi connectivity index (χ0n) is 10.5. The molecule has 1 atom stereocenters. The molecule has 2 aliphatic rings. The van der Waals surface area contributed by atoms with Crippen LogP contribution in [-0.4, -0.2) is 32.6 Å². The summed E-state index contributed by atoms with van der Waals surface area (Å²) >= 11 is 0. The minimum Gasteiger partial charge on any atom is -0.454 e. The second kappa shape index (κ2) is 4.97. The molecule has 2 aliphatic heterocycles. The Morgan fingerprint density at radius 3 is 2.95 bits per heavy atom. The van der Waals surface area contributed by atoms with E-state index in [1.54, 1.807) is 17.0 Å². The zero-order chi connectivity index (χ0) is 13.2. The number of cyclic esters (lactones) is 1. The lowest BCUT2D eigenvalue weighted by Gasteiger charge is -2.32. The van der Waals surface area contributed by atoms with Crippen LogP contribution in [0.2, 0.25) is 0 Å². The molecule has 19 heavy (non-hydrogen) atoms. The van der Waals surface area contributed by atoms with Crippen molar-refractivity contribution in [3.05, 3.63) is 18.2 Å². The zero-order valence-corrected chi connectivity index (χ0v) is 10.5. The molecule has 6 heteroatoms. The first-order valence-electron chi connectivity index (χ1n) is 6.32. The Hall–Kier alpha value is -1.95. The van der Waals surface area contributed by atoms with Crippen molar-refractivity contribution in [2.45, 2.75) is 6.42 Å². The van der Waals surface area contributed by atoms with Gasteiger partial charge in [0.25, 0.3) is 0 Å². The molecule has 1 amide bonds. The summed E-state index contributed by atoms with van der Waals surface area (Å²) in [5.74, 6) is 1.63. The number of nitrogens with two attached hydrogens (primary N) is 1. The van der Waals surface area contributed by atoms with Gasteiger partial charge < -0.3 is 19.9 Å². The van der Waals surface area contributed by atoms with Gasteiger partial charge in [0, 0.05) is 18.5 Å². The molecule has 1 aromatic carbocycles. The summed E-state index contributed by atoms with van der Waals surface area (Å²) < 4.78 is 15.8. The lowest BCUT2D eigenvalue weighted by Crippen LogP contribution is -2.43. The number of hydrogen-bond acceptors (Lipinski definition) is 5. The van der Waals surface area contributed by atoms with E-state index in [0.717, 1.165) is 12.1 Å². The number of hydrogen-bond donors (Lipinski definition) is 1. The number of nitrogens with zero attached hydrogens (tertiary/aromatic N) is 1. The summed E-state index contributed by atoms with van der Waals surface area (Å²) in [6.45, 7) is 1.88. The molecule has 1 aromatic rings. The van der Waals surface area contributed by atoms with E-state index < -0.39 is 0 Å². The molecule has 0 radical (unpaired) electrons. The van der Waals surface area contributed by atoms with Crippen LogP contribution in [0.1, 0.15) is 6.42 Å². The van der Waals surface area contributed by atoms with Crippen LogP contribution >= 0.6 is 0 Å². The number of ether oxygens (including phenoxy) is 3. The van der Waals surface area contributed by atoms with Gasteiger partial charge in [0.1, 0.15) is 0 Å². The Bertz CT molecular complexity index is 492. The normalized spacial score (nSPS) is 21.4. The Balaban J connectivity index is 1.81. The lowest BCUT2D eigenvalue weighted by atomic mass is 10.0. The molecular weight excluding hydrogens is 248 g/mol. The minimum atomic E-state index is -0.327. The molecule has 0 spiro atoms. The first-order valence-corrected chi connectivity index (χ1v) is 6.32. The molecule has 0 aromatic heterocycles. The Labute approximate surface area is 111 Å². The highest BCUT2D eigenvalue weighted by atomic mass is 16.7. The van der Waals surface area contributed by atoms with Crippen LogP contribution in [0.3, 0.4) is 0 Å². The first-order chi connectivity index (χ1) is 9.28. The van der Waals surface area contributed by atoms with Crippen LogP contribution in [0.15, 0.2) is 18.2 Å². The molecule has 0 aliphatic carbocycles. The maximum Gasteiger partial charge on any atom is 0.414 e. The number of carbonyl (C=O) groups excluding carboxylic acids is 1. The molecule has 1 fully saturated rings. The maximum atomic E-state index is 11.8. The summed E-state index contributed by atoms with van der Waals surface area (Å²) in [5.41, 5.74) is 6.32. The third kappa shape index (κ3) is 2.31. The third-order valence-electron chi connectivity index (χ3n) is 3.35. The van der Waals surface area contributed by atoms with Crippen LogP contribution in [-0.2, 0) is 4.74 Å². The molecule has 102 valence electrons. The van der Waals surface area contributed by atoms with Crippen molar-refractivity contribution >= 4 is 11.8 Å². The molecule has 1 unspecified atom stereocenters. The SMILES string of the molecule is NCCC1COC(=O)N(c2ccc3c(c2)OCO3)C1. The lowest BCUT2D eigenvalue weighted by molar-refractivity contribution is 0.113. The van der Waals surface area contributed by atoms with Gasteiger partial charge >= 0.3 is 6.09 Å². The summed E-state index contributed by atoms with van der Waals surface area (Å²) in [6, 6.07) is 5.44. The van der Waals surface area contributed by atoms with Crippen molar-refractivity contribution in [3.8, 4) is 11.5 Å². The van der Waals surface area contributed by atoms with Gasteiger partial charge in [0.15, 0.2) is 11.5 Å². The minimum absolute atomic E-state index is 0.221. The molecule has 6 nitrogen and oxygen atoms in total. The number of anilines is 1. The van der Waals surface area contributed by atoms with Crippen LogP contribution < -0.4 is 20.1 Å². The highest BCUT2D eigenvalue weighted by molar-refractivity contribution is 5.88. The van der Waals surface area contributed by atoms with Gasteiger partial charge in [-0.3, -0.25) is 4.90 Å². The fourth-order valence-electron chi connectivity index (χ4n) is 2.33. The molecule has 3 rings (SSSR count). The van der Waals surface area contributed by atoms with E-state index >= 15 is 0 Å². The Kier molecular flexibility index (Phi) is 3.16. The monoisotopic (exact) mass is 264 g/mol. The average Bonchev–Trinajstić information content (AvgIpc) is 2.88. The van der Waals surface area contributed by atoms with E-state index in [1.165, 1.54) is 0 Å². The summed E-state index contributed by atoms with van der Waals surface area (Å²) in [4.78, 5) is 13.5. The van der Waals surface area contributed by atoms with Gasteiger partial charge in [-0.05, 0) is 25.1 Å². The van der Waals surface area contributed by atoms with Gasteiger partial charge in [0.2, 0.25) is 6.79 Å². The average molecular weight is 264 g/mol. The second-order valence-corrected chi connectivity index (χ2v) is 4.67. The number of amides is 1. The smallest absolute Gasteiger partial charge is 0.414 e. The summed E-state index contributed by atoms with van der Waals surface area (Å²) in [5, 5.41) is 0. The van der Waals surface area contributed by atoms with Crippen molar-refractivity contribution < 1.29 is 19.0 Å². The Morgan fingerprint density at radius 2 is 2.11 bits per heavy atom. The van der Waals surface area contributed by atoms with E-state index in [4.69, 9.17) is 19.9 Å². The van der Waals surface area contributed by atoms with Crippen molar-refractivity contribution in [1.29, 1.82) is 0 Å². The molecule has 0 bridgehead atoms.